The summed E-state index contributed by atoms with van der Waals surface area (Å²) >= 11 is 0. The maximum Gasteiger partial charge on any atom is 0.437 e. The fourth-order valence-corrected chi connectivity index (χ4v) is 2.21. The second kappa shape index (κ2) is 5.28. The monoisotopic (exact) mass is 274 g/mol. The molecule has 0 aromatic carbocycles. The van der Waals surface area contributed by atoms with Crippen molar-refractivity contribution in [2.24, 2.45) is 0 Å². The fraction of sp³-hybridized carbons (Fsp3) is 0.385. The summed E-state index contributed by atoms with van der Waals surface area (Å²) in [7, 11) is 0. The van der Waals surface area contributed by atoms with E-state index in [9.17, 15) is 9.59 Å². The van der Waals surface area contributed by atoms with Crippen molar-refractivity contribution in [2.75, 3.05) is 13.1 Å². The van der Waals surface area contributed by atoms with Crippen LogP contribution in [0.3, 0.4) is 0 Å². The molecule has 1 amide bonds. The fourth-order valence-electron chi connectivity index (χ4n) is 2.21. The maximum atomic E-state index is 12.0. The molecule has 3 rings (SSSR count). The molecule has 20 heavy (non-hydrogen) atoms. The minimum absolute atomic E-state index is 0.0760. The van der Waals surface area contributed by atoms with Crippen molar-refractivity contribution in [3.8, 4) is 11.5 Å². The standard InChI is InChI=1S/C13H14N4O3/c18-11(16-7-1-2-8-16)9-17-13(19)20-12(15-17)10-3-5-14-6-4-10/h3-6H,1-2,7-9H2. The summed E-state index contributed by atoms with van der Waals surface area (Å²) in [5, 5.41) is 4.05. The van der Waals surface area contributed by atoms with Crippen LogP contribution in [0.1, 0.15) is 12.8 Å². The summed E-state index contributed by atoms with van der Waals surface area (Å²) in [5.74, 6) is -0.518. The van der Waals surface area contributed by atoms with Gasteiger partial charge in [-0.3, -0.25) is 9.78 Å². The summed E-state index contributed by atoms with van der Waals surface area (Å²) in [5.41, 5.74) is 0.657. The van der Waals surface area contributed by atoms with Crippen LogP contribution in [0.15, 0.2) is 33.7 Å². The van der Waals surface area contributed by atoms with Crippen molar-refractivity contribution in [1.82, 2.24) is 19.7 Å². The van der Waals surface area contributed by atoms with Gasteiger partial charge in [0.25, 0.3) is 0 Å². The van der Waals surface area contributed by atoms with Gasteiger partial charge in [-0.1, -0.05) is 0 Å². The normalized spacial score (nSPS) is 14.7. The molecular formula is C13H14N4O3. The van der Waals surface area contributed by atoms with Gasteiger partial charge in [0, 0.05) is 31.0 Å². The van der Waals surface area contributed by atoms with E-state index in [1.54, 1.807) is 29.4 Å². The van der Waals surface area contributed by atoms with Gasteiger partial charge in [0.1, 0.15) is 6.54 Å². The molecule has 1 aliphatic heterocycles. The Morgan fingerprint density at radius 2 is 1.95 bits per heavy atom. The van der Waals surface area contributed by atoms with Crippen LogP contribution in [0.25, 0.3) is 11.5 Å². The molecule has 104 valence electrons. The lowest BCUT2D eigenvalue weighted by Gasteiger charge is -2.13. The van der Waals surface area contributed by atoms with Crippen LogP contribution < -0.4 is 5.76 Å². The molecule has 0 unspecified atom stereocenters. The minimum Gasteiger partial charge on any atom is -0.388 e. The maximum absolute atomic E-state index is 12.0. The van der Waals surface area contributed by atoms with Gasteiger partial charge in [-0.05, 0) is 25.0 Å². The molecule has 7 heteroatoms. The summed E-state index contributed by atoms with van der Waals surface area (Å²) in [6.07, 6.45) is 5.21. The highest BCUT2D eigenvalue weighted by Crippen LogP contribution is 2.13. The first kappa shape index (κ1) is 12.6. The van der Waals surface area contributed by atoms with Crippen molar-refractivity contribution < 1.29 is 9.21 Å². The van der Waals surface area contributed by atoms with E-state index in [0.717, 1.165) is 30.6 Å². The highest BCUT2D eigenvalue weighted by molar-refractivity contribution is 5.76. The molecule has 0 bridgehead atoms. The largest absolute Gasteiger partial charge is 0.437 e. The summed E-state index contributed by atoms with van der Waals surface area (Å²) < 4.78 is 6.13. The van der Waals surface area contributed by atoms with Gasteiger partial charge in [-0.2, -0.15) is 4.68 Å². The van der Waals surface area contributed by atoms with Crippen LogP contribution >= 0.6 is 0 Å². The molecule has 1 fully saturated rings. The van der Waals surface area contributed by atoms with Crippen LogP contribution in [0, 0.1) is 0 Å². The molecule has 0 radical (unpaired) electrons. The van der Waals surface area contributed by atoms with Crippen molar-refractivity contribution in [2.45, 2.75) is 19.4 Å². The van der Waals surface area contributed by atoms with Crippen LogP contribution in [-0.4, -0.2) is 38.7 Å². The SMILES string of the molecule is O=C(Cn1nc(-c2ccncc2)oc1=O)N1CCCC1. The summed E-state index contributed by atoms with van der Waals surface area (Å²) in [4.78, 5) is 29.3. The number of carbonyl (C=O) groups is 1. The lowest BCUT2D eigenvalue weighted by molar-refractivity contribution is -0.131. The average molecular weight is 274 g/mol. The Morgan fingerprint density at radius 1 is 1.25 bits per heavy atom. The predicted octanol–water partition coefficient (Wildman–Crippen LogP) is 0.521. The molecular weight excluding hydrogens is 260 g/mol. The third kappa shape index (κ3) is 2.47. The zero-order valence-electron chi connectivity index (χ0n) is 10.9. The lowest BCUT2D eigenvalue weighted by atomic mass is 10.3. The van der Waals surface area contributed by atoms with E-state index in [-0.39, 0.29) is 18.3 Å². The van der Waals surface area contributed by atoms with Crippen molar-refractivity contribution >= 4 is 5.91 Å². The molecule has 0 atom stereocenters. The van der Waals surface area contributed by atoms with E-state index >= 15 is 0 Å². The summed E-state index contributed by atoms with van der Waals surface area (Å²) in [6.45, 7) is 1.43. The number of nitrogens with zero attached hydrogens (tertiary/aromatic N) is 4. The van der Waals surface area contributed by atoms with E-state index in [0.29, 0.717) is 5.56 Å². The molecule has 7 nitrogen and oxygen atoms in total. The number of hydrogen-bond acceptors (Lipinski definition) is 5. The van der Waals surface area contributed by atoms with Gasteiger partial charge in [0.05, 0.1) is 0 Å². The first-order valence-electron chi connectivity index (χ1n) is 6.50. The Kier molecular flexibility index (Phi) is 3.32. The van der Waals surface area contributed by atoms with Gasteiger partial charge in [0.2, 0.25) is 11.8 Å². The molecule has 1 saturated heterocycles. The van der Waals surface area contributed by atoms with Gasteiger partial charge in [-0.25, -0.2) is 4.79 Å². The number of amides is 1. The molecule has 0 N–H and O–H groups in total. The Morgan fingerprint density at radius 3 is 2.65 bits per heavy atom. The van der Waals surface area contributed by atoms with Gasteiger partial charge < -0.3 is 9.32 Å². The number of likely N-dealkylation sites (tertiary alicyclic amines) is 1. The molecule has 2 aromatic rings. The van der Waals surface area contributed by atoms with Crippen molar-refractivity contribution in [3.63, 3.8) is 0 Å². The first-order chi connectivity index (χ1) is 9.74. The second-order valence-corrected chi connectivity index (χ2v) is 4.65. The Bertz CT molecular complexity index is 656. The Labute approximate surface area is 114 Å². The van der Waals surface area contributed by atoms with E-state index in [1.807, 2.05) is 0 Å². The third-order valence-corrected chi connectivity index (χ3v) is 3.28. The number of hydrogen-bond donors (Lipinski definition) is 0. The Balaban J connectivity index is 1.79. The quantitative estimate of drug-likeness (QED) is 0.815. The topological polar surface area (TPSA) is 81.2 Å². The third-order valence-electron chi connectivity index (χ3n) is 3.28. The lowest BCUT2D eigenvalue weighted by Crippen LogP contribution is -2.34. The second-order valence-electron chi connectivity index (χ2n) is 4.65. The smallest absolute Gasteiger partial charge is 0.388 e. The predicted molar refractivity (Wildman–Crippen MR) is 69.8 cm³/mol. The van der Waals surface area contributed by atoms with Gasteiger partial charge >= 0.3 is 5.76 Å². The van der Waals surface area contributed by atoms with Crippen LogP contribution in [0.2, 0.25) is 0 Å². The van der Waals surface area contributed by atoms with Crippen molar-refractivity contribution in [3.05, 3.63) is 35.1 Å². The molecule has 0 aliphatic carbocycles. The molecule has 2 aromatic heterocycles. The van der Waals surface area contributed by atoms with E-state index in [1.165, 1.54) is 0 Å². The summed E-state index contributed by atoms with van der Waals surface area (Å²) in [6, 6.07) is 3.38. The van der Waals surface area contributed by atoms with E-state index < -0.39 is 5.76 Å². The van der Waals surface area contributed by atoms with Crippen LogP contribution in [0.5, 0.6) is 0 Å². The van der Waals surface area contributed by atoms with Gasteiger partial charge in [-0.15, -0.1) is 5.10 Å². The average Bonchev–Trinajstić information content (AvgIpc) is 3.10. The van der Waals surface area contributed by atoms with Crippen LogP contribution in [-0.2, 0) is 11.3 Å². The minimum atomic E-state index is -0.621. The van der Waals surface area contributed by atoms with Crippen molar-refractivity contribution in [1.29, 1.82) is 0 Å². The highest BCUT2D eigenvalue weighted by atomic mass is 16.4. The number of pyridine rings is 1. The van der Waals surface area contributed by atoms with E-state index in [2.05, 4.69) is 10.1 Å². The molecule has 0 saturated carbocycles. The van der Waals surface area contributed by atoms with E-state index in [4.69, 9.17) is 4.42 Å². The molecule has 3 heterocycles. The first-order valence-corrected chi connectivity index (χ1v) is 6.50. The number of aromatic nitrogens is 3. The molecule has 0 spiro atoms. The zero-order valence-corrected chi connectivity index (χ0v) is 10.9. The number of carbonyl (C=O) groups excluding carboxylic acids is 1. The molecule has 1 aliphatic rings. The van der Waals surface area contributed by atoms with Crippen LogP contribution in [0.4, 0.5) is 0 Å². The zero-order chi connectivity index (χ0) is 13.9. The highest BCUT2D eigenvalue weighted by Gasteiger charge is 2.20. The van der Waals surface area contributed by atoms with Gasteiger partial charge in [0.15, 0.2) is 0 Å². The number of rotatable bonds is 3. The Hall–Kier alpha value is -2.44.